The van der Waals surface area contributed by atoms with E-state index in [0.29, 0.717) is 12.8 Å². The second kappa shape index (κ2) is 13.6. The highest BCUT2D eigenvalue weighted by Crippen LogP contribution is 2.20. The van der Waals surface area contributed by atoms with Crippen LogP contribution in [0.4, 0.5) is 0 Å². The van der Waals surface area contributed by atoms with Gasteiger partial charge in [-0.05, 0) is 43.6 Å². The van der Waals surface area contributed by atoms with E-state index in [-0.39, 0.29) is 38.1 Å². The molecule has 0 spiro atoms. The summed E-state index contributed by atoms with van der Waals surface area (Å²) in [5.41, 5.74) is 12.1. The van der Waals surface area contributed by atoms with Crippen molar-refractivity contribution in [3.63, 3.8) is 0 Å². The lowest BCUT2D eigenvalue weighted by molar-refractivity contribution is -0.149. The van der Waals surface area contributed by atoms with E-state index in [9.17, 15) is 29.1 Å². The van der Waals surface area contributed by atoms with Gasteiger partial charge >= 0.3 is 5.97 Å². The van der Waals surface area contributed by atoms with Crippen molar-refractivity contribution in [2.24, 2.45) is 17.4 Å². The number of rotatable bonds is 13. The van der Waals surface area contributed by atoms with E-state index in [1.165, 1.54) is 4.90 Å². The Kier molecular flexibility index (Phi) is 10.8. The van der Waals surface area contributed by atoms with Gasteiger partial charge in [-0.3, -0.25) is 19.2 Å². The maximum Gasteiger partial charge on any atom is 0.326 e. The number of hydrogen-bond donors (Lipinski definition) is 5. The number of carbonyl (C=O) groups excluding carboxylic acids is 4. The number of carboxylic acids is 1. The van der Waals surface area contributed by atoms with Crippen molar-refractivity contribution in [1.29, 1.82) is 0 Å². The number of carboxylic acid groups (broad SMARTS) is 1. The van der Waals surface area contributed by atoms with E-state index in [0.717, 1.165) is 5.56 Å². The molecule has 7 N–H and O–H groups in total. The third kappa shape index (κ3) is 8.63. The molecule has 1 aliphatic rings. The SMILES string of the molecule is CC(C)CC(NC(=O)C(CCC(N)=O)NC(=O)C(N)Cc1ccccc1)C(=O)N1CCCC1C(=O)O. The zero-order valence-corrected chi connectivity index (χ0v) is 20.8. The number of benzene rings is 1. The van der Waals surface area contributed by atoms with Crippen LogP contribution < -0.4 is 22.1 Å². The van der Waals surface area contributed by atoms with Gasteiger partial charge in [0.15, 0.2) is 0 Å². The second-order valence-corrected chi connectivity index (χ2v) is 9.58. The predicted molar refractivity (Wildman–Crippen MR) is 132 cm³/mol. The number of primary amides is 1. The van der Waals surface area contributed by atoms with Gasteiger partial charge in [0.05, 0.1) is 6.04 Å². The Morgan fingerprint density at radius 2 is 1.69 bits per heavy atom. The summed E-state index contributed by atoms with van der Waals surface area (Å²) < 4.78 is 0. The van der Waals surface area contributed by atoms with E-state index in [4.69, 9.17) is 11.5 Å². The second-order valence-electron chi connectivity index (χ2n) is 9.58. The van der Waals surface area contributed by atoms with Crippen LogP contribution in [0.25, 0.3) is 0 Å². The maximum atomic E-state index is 13.2. The van der Waals surface area contributed by atoms with Crippen molar-refractivity contribution in [3.8, 4) is 0 Å². The lowest BCUT2D eigenvalue weighted by atomic mass is 10.0. The topological polar surface area (TPSA) is 185 Å². The zero-order chi connectivity index (χ0) is 26.8. The van der Waals surface area contributed by atoms with Crippen LogP contribution in [0.1, 0.15) is 51.5 Å². The quantitative estimate of drug-likeness (QED) is 0.249. The summed E-state index contributed by atoms with van der Waals surface area (Å²) in [6, 6.07) is 5.14. The molecule has 198 valence electrons. The molecule has 0 saturated carbocycles. The van der Waals surface area contributed by atoms with Crippen molar-refractivity contribution >= 4 is 29.6 Å². The lowest BCUT2D eigenvalue weighted by Gasteiger charge is -2.29. The first-order valence-corrected chi connectivity index (χ1v) is 12.2. The van der Waals surface area contributed by atoms with Crippen LogP contribution in [-0.4, -0.2) is 70.3 Å². The van der Waals surface area contributed by atoms with Crippen molar-refractivity contribution in [2.45, 2.75) is 76.5 Å². The molecular weight excluding hydrogens is 466 g/mol. The Morgan fingerprint density at radius 3 is 2.28 bits per heavy atom. The van der Waals surface area contributed by atoms with Crippen LogP contribution in [0.5, 0.6) is 0 Å². The molecule has 11 heteroatoms. The smallest absolute Gasteiger partial charge is 0.326 e. The average Bonchev–Trinajstić information content (AvgIpc) is 3.31. The molecule has 4 amide bonds. The van der Waals surface area contributed by atoms with Crippen LogP contribution in [0.3, 0.4) is 0 Å². The normalized spacial score (nSPS) is 17.8. The highest BCUT2D eigenvalue weighted by molar-refractivity contribution is 5.94. The highest BCUT2D eigenvalue weighted by atomic mass is 16.4. The Balaban J connectivity index is 2.14. The molecule has 0 aromatic heterocycles. The van der Waals surface area contributed by atoms with E-state index < -0.39 is 53.8 Å². The molecule has 4 unspecified atom stereocenters. The molecule has 1 aromatic carbocycles. The van der Waals surface area contributed by atoms with Gasteiger partial charge in [0.2, 0.25) is 23.6 Å². The summed E-state index contributed by atoms with van der Waals surface area (Å²) in [7, 11) is 0. The molecule has 4 atom stereocenters. The van der Waals surface area contributed by atoms with Crippen molar-refractivity contribution < 1.29 is 29.1 Å². The number of likely N-dealkylation sites (tertiary alicyclic amines) is 1. The molecule has 1 aliphatic heterocycles. The van der Waals surface area contributed by atoms with Crippen LogP contribution in [0.15, 0.2) is 30.3 Å². The molecule has 0 radical (unpaired) electrons. The standard InChI is InChI=1S/C25H37N5O6/c1-15(2)13-19(24(34)30-12-6-9-20(30)25(35)36)29-23(33)18(10-11-21(27)31)28-22(32)17(26)14-16-7-4-3-5-8-16/h3-5,7-8,15,17-20H,6,9-14,26H2,1-2H3,(H2,27,31)(H,28,32)(H,29,33)(H,35,36). The van der Waals surface area contributed by atoms with E-state index >= 15 is 0 Å². The van der Waals surface area contributed by atoms with Crippen molar-refractivity contribution in [1.82, 2.24) is 15.5 Å². The molecule has 1 aromatic rings. The molecule has 11 nitrogen and oxygen atoms in total. The van der Waals surface area contributed by atoms with Crippen LogP contribution in [0, 0.1) is 5.92 Å². The Morgan fingerprint density at radius 1 is 1.06 bits per heavy atom. The van der Waals surface area contributed by atoms with Gasteiger partial charge in [0.25, 0.3) is 0 Å². The van der Waals surface area contributed by atoms with Crippen molar-refractivity contribution in [3.05, 3.63) is 35.9 Å². The number of nitrogens with one attached hydrogen (secondary N) is 2. The summed E-state index contributed by atoms with van der Waals surface area (Å²) >= 11 is 0. The third-order valence-corrected chi connectivity index (χ3v) is 6.09. The Hall–Kier alpha value is -3.47. The van der Waals surface area contributed by atoms with Crippen molar-refractivity contribution in [2.75, 3.05) is 6.54 Å². The largest absolute Gasteiger partial charge is 0.480 e. The molecule has 1 fully saturated rings. The summed E-state index contributed by atoms with van der Waals surface area (Å²) in [5.74, 6) is -3.45. The summed E-state index contributed by atoms with van der Waals surface area (Å²) in [6.07, 6.45) is 1.19. The predicted octanol–water partition coefficient (Wildman–Crippen LogP) is -0.0868. The van der Waals surface area contributed by atoms with Gasteiger partial charge in [0.1, 0.15) is 18.1 Å². The van der Waals surface area contributed by atoms with Crippen LogP contribution in [0.2, 0.25) is 0 Å². The van der Waals surface area contributed by atoms with E-state index in [2.05, 4.69) is 10.6 Å². The van der Waals surface area contributed by atoms with Gasteiger partial charge in [-0.25, -0.2) is 4.79 Å². The van der Waals surface area contributed by atoms with Crippen LogP contribution >= 0.6 is 0 Å². The molecular formula is C25H37N5O6. The lowest BCUT2D eigenvalue weighted by Crippen LogP contribution is -2.57. The zero-order valence-electron chi connectivity index (χ0n) is 20.8. The molecule has 0 aliphatic carbocycles. The number of hydrogen-bond acceptors (Lipinski definition) is 6. The number of amides is 4. The number of nitrogens with zero attached hydrogens (tertiary/aromatic N) is 1. The fourth-order valence-corrected chi connectivity index (χ4v) is 4.25. The minimum Gasteiger partial charge on any atom is -0.480 e. The van der Waals surface area contributed by atoms with Gasteiger partial charge < -0.3 is 32.1 Å². The summed E-state index contributed by atoms with van der Waals surface area (Å²) in [4.78, 5) is 63.4. The Bertz CT molecular complexity index is 938. The highest BCUT2D eigenvalue weighted by Gasteiger charge is 2.38. The fraction of sp³-hybridized carbons (Fsp3) is 0.560. The monoisotopic (exact) mass is 503 g/mol. The minimum atomic E-state index is -1.15. The van der Waals surface area contributed by atoms with Crippen LogP contribution in [-0.2, 0) is 30.4 Å². The van der Waals surface area contributed by atoms with Gasteiger partial charge in [0, 0.05) is 13.0 Å². The average molecular weight is 504 g/mol. The van der Waals surface area contributed by atoms with Gasteiger partial charge in [-0.15, -0.1) is 0 Å². The first kappa shape index (κ1) is 28.8. The third-order valence-electron chi connectivity index (χ3n) is 6.09. The number of nitrogens with two attached hydrogens (primary N) is 2. The molecule has 1 heterocycles. The van der Waals surface area contributed by atoms with E-state index in [1.807, 2.05) is 44.2 Å². The summed E-state index contributed by atoms with van der Waals surface area (Å²) in [5, 5.41) is 14.7. The maximum absolute atomic E-state index is 13.2. The molecule has 2 rings (SSSR count). The first-order valence-electron chi connectivity index (χ1n) is 12.2. The Labute approximate surface area is 211 Å². The summed E-state index contributed by atoms with van der Waals surface area (Å²) in [6.45, 7) is 4.04. The molecule has 0 bridgehead atoms. The van der Waals surface area contributed by atoms with Gasteiger partial charge in [-0.1, -0.05) is 44.2 Å². The minimum absolute atomic E-state index is 0.0167. The molecule has 1 saturated heterocycles. The number of carbonyl (C=O) groups is 5. The van der Waals surface area contributed by atoms with E-state index in [1.54, 1.807) is 0 Å². The fourth-order valence-electron chi connectivity index (χ4n) is 4.25. The first-order chi connectivity index (χ1) is 17.0. The number of aliphatic carboxylic acids is 1. The van der Waals surface area contributed by atoms with Gasteiger partial charge in [-0.2, -0.15) is 0 Å². The molecule has 36 heavy (non-hydrogen) atoms.